The van der Waals surface area contributed by atoms with Crippen LogP contribution in [0.4, 0.5) is 0 Å². The van der Waals surface area contributed by atoms with Gasteiger partial charge in [-0.1, -0.05) is 11.6 Å². The van der Waals surface area contributed by atoms with E-state index in [0.717, 1.165) is 29.4 Å². The molecule has 108 valence electrons. The fraction of sp³-hybridized carbons (Fsp3) is 0.250. The summed E-state index contributed by atoms with van der Waals surface area (Å²) in [6, 6.07) is 10.1. The summed E-state index contributed by atoms with van der Waals surface area (Å²) in [6.45, 7) is 3.09. The molecule has 0 saturated carbocycles. The number of aromatic nitrogens is 4. The third-order valence-corrected chi connectivity index (χ3v) is 3.83. The van der Waals surface area contributed by atoms with E-state index in [-0.39, 0.29) is 0 Å². The minimum Gasteiger partial charge on any atom is -0.328 e. The second-order valence-electron chi connectivity index (χ2n) is 5.07. The number of nitrogens with zero attached hydrogens (tertiary/aromatic N) is 4. The molecule has 0 bridgehead atoms. The molecule has 3 rings (SSSR count). The van der Waals surface area contributed by atoms with Gasteiger partial charge in [-0.3, -0.25) is 4.68 Å². The summed E-state index contributed by atoms with van der Waals surface area (Å²) in [4.78, 5) is 4.48. The maximum atomic E-state index is 5.95. The molecule has 0 aliphatic carbocycles. The predicted octanol–water partition coefficient (Wildman–Crippen LogP) is 4.05. The molecule has 5 heteroatoms. The second-order valence-corrected chi connectivity index (χ2v) is 5.51. The summed E-state index contributed by atoms with van der Waals surface area (Å²) in [5, 5.41) is 4.98. The largest absolute Gasteiger partial charge is 0.328 e. The van der Waals surface area contributed by atoms with Crippen LogP contribution in [0.2, 0.25) is 5.02 Å². The smallest absolute Gasteiger partial charge is 0.140 e. The molecule has 0 fully saturated rings. The molecule has 4 nitrogen and oxygen atoms in total. The van der Waals surface area contributed by atoms with Gasteiger partial charge in [0.25, 0.3) is 0 Å². The number of imidazole rings is 1. The highest BCUT2D eigenvalue weighted by atomic mass is 35.5. The van der Waals surface area contributed by atoms with Gasteiger partial charge in [0.15, 0.2) is 0 Å². The summed E-state index contributed by atoms with van der Waals surface area (Å²) in [6.07, 6.45) is 8.66. The van der Waals surface area contributed by atoms with E-state index in [1.807, 2.05) is 53.6 Å². The predicted molar refractivity (Wildman–Crippen MR) is 84.2 cm³/mol. The SMILES string of the molecule is C[C@@H](CCn1cccn1)n1ccnc1-c1ccc(Cl)cc1. The van der Waals surface area contributed by atoms with Crippen LogP contribution in [-0.4, -0.2) is 19.3 Å². The number of hydrogen-bond acceptors (Lipinski definition) is 2. The third kappa shape index (κ3) is 3.16. The lowest BCUT2D eigenvalue weighted by Gasteiger charge is -2.16. The molecule has 0 aliphatic rings. The van der Waals surface area contributed by atoms with E-state index >= 15 is 0 Å². The van der Waals surface area contributed by atoms with Crippen molar-refractivity contribution in [3.05, 3.63) is 60.1 Å². The third-order valence-electron chi connectivity index (χ3n) is 3.58. The van der Waals surface area contributed by atoms with Crippen LogP contribution in [0.25, 0.3) is 11.4 Å². The molecule has 3 aromatic rings. The van der Waals surface area contributed by atoms with Gasteiger partial charge in [0.2, 0.25) is 0 Å². The van der Waals surface area contributed by atoms with Gasteiger partial charge in [-0.2, -0.15) is 5.10 Å². The zero-order chi connectivity index (χ0) is 14.7. The highest BCUT2D eigenvalue weighted by Crippen LogP contribution is 2.24. The molecular formula is C16H17ClN4. The quantitative estimate of drug-likeness (QED) is 0.712. The maximum Gasteiger partial charge on any atom is 0.140 e. The van der Waals surface area contributed by atoms with Crippen molar-refractivity contribution >= 4 is 11.6 Å². The van der Waals surface area contributed by atoms with Crippen molar-refractivity contribution in [2.75, 3.05) is 0 Å². The molecule has 1 aromatic carbocycles. The van der Waals surface area contributed by atoms with Crippen LogP contribution in [0.5, 0.6) is 0 Å². The molecule has 2 aromatic heterocycles. The van der Waals surface area contributed by atoms with Crippen molar-refractivity contribution in [2.24, 2.45) is 0 Å². The molecule has 0 N–H and O–H groups in total. The second kappa shape index (κ2) is 6.14. The van der Waals surface area contributed by atoms with Crippen molar-refractivity contribution in [3.8, 4) is 11.4 Å². The molecule has 2 heterocycles. The maximum absolute atomic E-state index is 5.95. The van der Waals surface area contributed by atoms with Crippen molar-refractivity contribution < 1.29 is 0 Å². The van der Waals surface area contributed by atoms with Gasteiger partial charge in [-0.25, -0.2) is 4.98 Å². The summed E-state index contributed by atoms with van der Waals surface area (Å²) < 4.78 is 4.15. The van der Waals surface area contributed by atoms with Gasteiger partial charge in [0.1, 0.15) is 5.82 Å². The van der Waals surface area contributed by atoms with E-state index < -0.39 is 0 Å². The molecule has 0 aliphatic heterocycles. The first-order chi connectivity index (χ1) is 10.2. The molecule has 0 spiro atoms. The average molecular weight is 301 g/mol. The van der Waals surface area contributed by atoms with Crippen LogP contribution in [0.1, 0.15) is 19.4 Å². The van der Waals surface area contributed by atoms with Gasteiger partial charge < -0.3 is 4.57 Å². The fourth-order valence-corrected chi connectivity index (χ4v) is 2.51. The standard InChI is InChI=1S/C16H17ClN4/c1-13(7-11-20-10-2-8-19-20)21-12-9-18-16(21)14-3-5-15(17)6-4-14/h2-6,8-10,12-13H,7,11H2,1H3/t13-/m0/s1. The Morgan fingerprint density at radius 3 is 2.67 bits per heavy atom. The Hall–Kier alpha value is -2.07. The summed E-state index contributed by atoms with van der Waals surface area (Å²) in [7, 11) is 0. The van der Waals surface area contributed by atoms with E-state index in [4.69, 9.17) is 11.6 Å². The topological polar surface area (TPSA) is 35.6 Å². The van der Waals surface area contributed by atoms with Crippen molar-refractivity contribution in [3.63, 3.8) is 0 Å². The lowest BCUT2D eigenvalue weighted by atomic mass is 10.2. The first-order valence-electron chi connectivity index (χ1n) is 7.00. The Bertz CT molecular complexity index is 685. The molecular weight excluding hydrogens is 284 g/mol. The highest BCUT2D eigenvalue weighted by Gasteiger charge is 2.11. The minimum atomic E-state index is 0.349. The Balaban J connectivity index is 1.76. The lowest BCUT2D eigenvalue weighted by Crippen LogP contribution is -2.10. The van der Waals surface area contributed by atoms with Gasteiger partial charge in [-0.15, -0.1) is 0 Å². The summed E-state index contributed by atoms with van der Waals surface area (Å²) in [5.74, 6) is 0.972. The minimum absolute atomic E-state index is 0.349. The zero-order valence-corrected chi connectivity index (χ0v) is 12.6. The van der Waals surface area contributed by atoms with Crippen LogP contribution in [0.15, 0.2) is 55.1 Å². The van der Waals surface area contributed by atoms with Gasteiger partial charge in [0.05, 0.1) is 0 Å². The van der Waals surface area contributed by atoms with Crippen LogP contribution in [-0.2, 0) is 6.54 Å². The van der Waals surface area contributed by atoms with Crippen molar-refractivity contribution in [2.45, 2.75) is 25.9 Å². The van der Waals surface area contributed by atoms with E-state index in [0.29, 0.717) is 6.04 Å². The normalized spacial score (nSPS) is 12.5. The number of benzene rings is 1. The number of halogens is 1. The van der Waals surface area contributed by atoms with Crippen LogP contribution in [0, 0.1) is 0 Å². The molecule has 0 amide bonds. The number of aryl methyl sites for hydroxylation is 1. The molecule has 0 unspecified atom stereocenters. The van der Waals surface area contributed by atoms with E-state index in [1.165, 1.54) is 0 Å². The Labute approximate surface area is 129 Å². The number of hydrogen-bond donors (Lipinski definition) is 0. The van der Waals surface area contributed by atoms with Crippen LogP contribution >= 0.6 is 11.6 Å². The summed E-state index contributed by atoms with van der Waals surface area (Å²) >= 11 is 5.95. The van der Waals surface area contributed by atoms with E-state index in [9.17, 15) is 0 Å². The molecule has 1 atom stereocenters. The Kier molecular flexibility index (Phi) is 4.06. The number of rotatable bonds is 5. The fourth-order valence-electron chi connectivity index (χ4n) is 2.38. The lowest BCUT2D eigenvalue weighted by molar-refractivity contribution is 0.449. The first kappa shape index (κ1) is 13.9. The molecule has 0 saturated heterocycles. The van der Waals surface area contributed by atoms with Gasteiger partial charge in [-0.05, 0) is 43.7 Å². The highest BCUT2D eigenvalue weighted by molar-refractivity contribution is 6.30. The van der Waals surface area contributed by atoms with E-state index in [2.05, 4.69) is 21.6 Å². The molecule has 0 radical (unpaired) electrons. The first-order valence-corrected chi connectivity index (χ1v) is 7.38. The van der Waals surface area contributed by atoms with Crippen molar-refractivity contribution in [1.82, 2.24) is 19.3 Å². The average Bonchev–Trinajstić information content (AvgIpc) is 3.17. The van der Waals surface area contributed by atoms with Crippen LogP contribution < -0.4 is 0 Å². The van der Waals surface area contributed by atoms with Crippen LogP contribution in [0.3, 0.4) is 0 Å². The van der Waals surface area contributed by atoms with Crippen molar-refractivity contribution in [1.29, 1.82) is 0 Å². The monoisotopic (exact) mass is 300 g/mol. The molecule has 21 heavy (non-hydrogen) atoms. The Morgan fingerprint density at radius 2 is 1.95 bits per heavy atom. The summed E-state index contributed by atoms with van der Waals surface area (Å²) in [5.41, 5.74) is 1.08. The van der Waals surface area contributed by atoms with Gasteiger partial charge >= 0.3 is 0 Å². The van der Waals surface area contributed by atoms with E-state index in [1.54, 1.807) is 6.20 Å². The zero-order valence-electron chi connectivity index (χ0n) is 11.9. The van der Waals surface area contributed by atoms with Gasteiger partial charge in [0, 0.05) is 48.0 Å². The Morgan fingerprint density at radius 1 is 1.14 bits per heavy atom.